The van der Waals surface area contributed by atoms with Crippen molar-refractivity contribution in [2.75, 3.05) is 19.1 Å². The van der Waals surface area contributed by atoms with E-state index in [0.717, 1.165) is 17.9 Å². The Morgan fingerprint density at radius 1 is 1.38 bits per heavy atom. The first-order chi connectivity index (χ1) is 10.0. The van der Waals surface area contributed by atoms with Crippen molar-refractivity contribution in [1.29, 1.82) is 0 Å². The molecule has 0 N–H and O–H groups in total. The molecule has 0 saturated heterocycles. The molecule has 21 heavy (non-hydrogen) atoms. The molecule has 0 saturated carbocycles. The van der Waals surface area contributed by atoms with Gasteiger partial charge in [-0.25, -0.2) is 9.37 Å². The molecule has 0 unspecified atom stereocenters. The van der Waals surface area contributed by atoms with Gasteiger partial charge in [0.15, 0.2) is 0 Å². The van der Waals surface area contributed by atoms with Gasteiger partial charge < -0.3 is 9.30 Å². The van der Waals surface area contributed by atoms with Gasteiger partial charge in [0.2, 0.25) is 0 Å². The molecule has 116 valence electrons. The second-order valence-electron chi connectivity index (χ2n) is 5.68. The van der Waals surface area contributed by atoms with Crippen molar-refractivity contribution in [2.45, 2.75) is 33.7 Å². The number of hydrogen-bond donors (Lipinski definition) is 0. The number of aryl methyl sites for hydroxylation is 2. The van der Waals surface area contributed by atoms with Crippen LogP contribution < -0.4 is 0 Å². The molecule has 0 fully saturated rings. The molecule has 3 nitrogen and oxygen atoms in total. The van der Waals surface area contributed by atoms with E-state index in [9.17, 15) is 4.39 Å². The topological polar surface area (TPSA) is 27.1 Å². The quantitative estimate of drug-likeness (QED) is 0.572. The highest BCUT2D eigenvalue weighted by Crippen LogP contribution is 2.21. The van der Waals surface area contributed by atoms with Gasteiger partial charge in [-0.1, -0.05) is 13.8 Å². The molecule has 1 aromatic carbocycles. The monoisotopic (exact) mass is 312 g/mol. The average molecular weight is 313 g/mol. The first-order valence-corrected chi connectivity index (χ1v) is 7.85. The lowest BCUT2D eigenvalue weighted by Crippen LogP contribution is -2.12. The summed E-state index contributed by atoms with van der Waals surface area (Å²) in [5, 5.41) is 0. The SMILES string of the molecule is Cc1cc2c(cc1F)nc(CCCl)n2CCOCC(C)C. The Morgan fingerprint density at radius 2 is 2.14 bits per heavy atom. The third-order valence-corrected chi connectivity index (χ3v) is 3.53. The Hall–Kier alpha value is -1.13. The fraction of sp³-hybridized carbons (Fsp3) is 0.562. The highest BCUT2D eigenvalue weighted by atomic mass is 35.5. The maximum Gasteiger partial charge on any atom is 0.128 e. The van der Waals surface area contributed by atoms with Crippen LogP contribution in [0.3, 0.4) is 0 Å². The predicted molar refractivity (Wildman–Crippen MR) is 84.5 cm³/mol. The van der Waals surface area contributed by atoms with Crippen LogP contribution in [0.15, 0.2) is 12.1 Å². The number of imidazole rings is 1. The first kappa shape index (κ1) is 16.2. The number of aromatic nitrogens is 2. The van der Waals surface area contributed by atoms with Crippen LogP contribution in [0.25, 0.3) is 11.0 Å². The van der Waals surface area contributed by atoms with E-state index in [4.69, 9.17) is 16.3 Å². The van der Waals surface area contributed by atoms with Crippen LogP contribution in [-0.2, 0) is 17.7 Å². The summed E-state index contributed by atoms with van der Waals surface area (Å²) in [5.74, 6) is 1.68. The number of rotatable bonds is 7. The van der Waals surface area contributed by atoms with Crippen molar-refractivity contribution < 1.29 is 9.13 Å². The standard InChI is InChI=1S/C16H22ClFN2O/c1-11(2)10-21-7-6-20-15-8-12(3)13(18)9-14(15)19-16(20)4-5-17/h8-9,11H,4-7,10H2,1-3H3. The van der Waals surface area contributed by atoms with Crippen LogP contribution in [0.2, 0.25) is 0 Å². The maximum atomic E-state index is 13.7. The molecule has 0 aliphatic heterocycles. The van der Waals surface area contributed by atoms with Crippen molar-refractivity contribution in [3.8, 4) is 0 Å². The number of fused-ring (bicyclic) bond motifs is 1. The zero-order valence-corrected chi connectivity index (χ0v) is 13.6. The number of nitrogens with zero attached hydrogens (tertiary/aromatic N) is 2. The Bertz CT molecular complexity index is 610. The predicted octanol–water partition coefficient (Wildman–Crippen LogP) is 3.94. The Balaban J connectivity index is 2.25. The summed E-state index contributed by atoms with van der Waals surface area (Å²) in [4.78, 5) is 4.50. The highest BCUT2D eigenvalue weighted by Gasteiger charge is 2.12. The van der Waals surface area contributed by atoms with Crippen molar-refractivity contribution in [2.24, 2.45) is 5.92 Å². The number of ether oxygens (including phenoxy) is 1. The normalized spacial score (nSPS) is 11.7. The number of halogens is 2. The van der Waals surface area contributed by atoms with E-state index in [0.29, 0.717) is 42.5 Å². The second kappa shape index (κ2) is 7.23. The van der Waals surface area contributed by atoms with Crippen LogP contribution in [0.1, 0.15) is 25.2 Å². The summed E-state index contributed by atoms with van der Waals surface area (Å²) in [6.07, 6.45) is 0.668. The fourth-order valence-electron chi connectivity index (χ4n) is 2.30. The zero-order chi connectivity index (χ0) is 15.4. The van der Waals surface area contributed by atoms with Gasteiger partial charge >= 0.3 is 0 Å². The smallest absolute Gasteiger partial charge is 0.128 e. The van der Waals surface area contributed by atoms with Gasteiger partial charge in [-0.3, -0.25) is 0 Å². The maximum absolute atomic E-state index is 13.7. The molecule has 0 aliphatic rings. The van der Waals surface area contributed by atoms with Crippen molar-refractivity contribution in [3.63, 3.8) is 0 Å². The summed E-state index contributed by atoms with van der Waals surface area (Å²) in [6, 6.07) is 3.34. The molecule has 0 aliphatic carbocycles. The van der Waals surface area contributed by atoms with Crippen molar-refractivity contribution in [3.05, 3.63) is 29.3 Å². The Morgan fingerprint density at radius 3 is 2.81 bits per heavy atom. The van der Waals surface area contributed by atoms with E-state index >= 15 is 0 Å². The van der Waals surface area contributed by atoms with Gasteiger partial charge in [-0.05, 0) is 24.5 Å². The van der Waals surface area contributed by atoms with Gasteiger partial charge in [0.1, 0.15) is 11.6 Å². The van der Waals surface area contributed by atoms with Crippen LogP contribution in [0, 0.1) is 18.7 Å². The van der Waals surface area contributed by atoms with E-state index in [2.05, 4.69) is 23.4 Å². The molecular formula is C16H22ClFN2O. The van der Waals surface area contributed by atoms with Crippen molar-refractivity contribution >= 4 is 22.6 Å². The third-order valence-electron chi connectivity index (χ3n) is 3.34. The summed E-state index contributed by atoms with van der Waals surface area (Å²) in [5.41, 5.74) is 2.26. The first-order valence-electron chi connectivity index (χ1n) is 7.32. The molecule has 1 aromatic heterocycles. The van der Waals surface area contributed by atoms with Crippen LogP contribution in [0.4, 0.5) is 4.39 Å². The second-order valence-corrected chi connectivity index (χ2v) is 6.06. The molecule has 2 aromatic rings. The summed E-state index contributed by atoms with van der Waals surface area (Å²) >= 11 is 5.84. The van der Waals surface area contributed by atoms with Crippen molar-refractivity contribution in [1.82, 2.24) is 9.55 Å². The molecule has 0 bridgehead atoms. The van der Waals surface area contributed by atoms with E-state index in [1.807, 2.05) is 6.07 Å². The highest BCUT2D eigenvalue weighted by molar-refractivity contribution is 6.17. The molecule has 0 spiro atoms. The van der Waals surface area contributed by atoms with Gasteiger partial charge in [-0.15, -0.1) is 11.6 Å². The summed E-state index contributed by atoms with van der Waals surface area (Å²) < 4.78 is 21.4. The lowest BCUT2D eigenvalue weighted by atomic mass is 10.2. The molecule has 5 heteroatoms. The van der Waals surface area contributed by atoms with E-state index in [1.54, 1.807) is 6.92 Å². The molecule has 0 radical (unpaired) electrons. The Labute approximate surface area is 130 Å². The average Bonchev–Trinajstić information content (AvgIpc) is 2.73. The summed E-state index contributed by atoms with van der Waals surface area (Å²) in [6.45, 7) is 8.08. The molecule has 2 rings (SSSR count). The Kier molecular flexibility index (Phi) is 5.59. The van der Waals surface area contributed by atoms with Gasteiger partial charge in [0, 0.05) is 31.5 Å². The van der Waals surface area contributed by atoms with Crippen LogP contribution in [-0.4, -0.2) is 28.6 Å². The van der Waals surface area contributed by atoms with E-state index < -0.39 is 0 Å². The minimum absolute atomic E-state index is 0.222. The van der Waals surface area contributed by atoms with Gasteiger partial charge in [0.05, 0.1) is 17.6 Å². The zero-order valence-electron chi connectivity index (χ0n) is 12.8. The van der Waals surface area contributed by atoms with E-state index in [-0.39, 0.29) is 5.82 Å². The lowest BCUT2D eigenvalue weighted by Gasteiger charge is -2.11. The lowest BCUT2D eigenvalue weighted by molar-refractivity contribution is 0.103. The fourth-order valence-corrected chi connectivity index (χ4v) is 2.47. The van der Waals surface area contributed by atoms with Gasteiger partial charge in [0.25, 0.3) is 0 Å². The van der Waals surface area contributed by atoms with Crippen LogP contribution in [0.5, 0.6) is 0 Å². The molecular weight excluding hydrogens is 291 g/mol. The molecule has 0 atom stereocenters. The summed E-state index contributed by atoms with van der Waals surface area (Å²) in [7, 11) is 0. The number of hydrogen-bond acceptors (Lipinski definition) is 2. The van der Waals surface area contributed by atoms with Gasteiger partial charge in [-0.2, -0.15) is 0 Å². The van der Waals surface area contributed by atoms with Crippen LogP contribution >= 0.6 is 11.6 Å². The number of benzene rings is 1. The minimum atomic E-state index is -0.222. The molecule has 1 heterocycles. The van der Waals surface area contributed by atoms with E-state index in [1.165, 1.54) is 6.07 Å². The minimum Gasteiger partial charge on any atom is -0.379 e. The molecule has 0 amide bonds. The largest absolute Gasteiger partial charge is 0.379 e. The number of alkyl halides is 1. The third kappa shape index (κ3) is 3.95.